The average Bonchev–Trinajstić information content (AvgIpc) is 2.66. The zero-order valence-electron chi connectivity index (χ0n) is 10.3. The molecule has 0 saturated carbocycles. The van der Waals surface area contributed by atoms with Crippen LogP contribution in [-0.2, 0) is 11.2 Å². The number of hydrogen-bond donors (Lipinski definition) is 3. The lowest BCUT2D eigenvalue weighted by Gasteiger charge is -2.13. The third kappa shape index (κ3) is 2.19. The summed E-state index contributed by atoms with van der Waals surface area (Å²) in [5.41, 5.74) is 8.46. The summed E-state index contributed by atoms with van der Waals surface area (Å²) in [6, 6.07) is 4.96. The molecule has 2 atom stereocenters. The standard InChI is InChI=1S/C13H18N2O3/c1-2-8-4-3-5-10-9(6-11(14)13(16)17)7-15(18)12(8)10/h3-5,9,11,18H,2,6-7,14H2,1H3,(H,16,17). The normalized spacial score (nSPS) is 19.7. The molecule has 4 N–H and O–H groups in total. The number of nitrogens with two attached hydrogens (primary N) is 1. The monoisotopic (exact) mass is 250 g/mol. The summed E-state index contributed by atoms with van der Waals surface area (Å²) in [5, 5.41) is 20.0. The van der Waals surface area contributed by atoms with Crippen LogP contribution in [0.5, 0.6) is 0 Å². The van der Waals surface area contributed by atoms with E-state index in [0.29, 0.717) is 13.0 Å². The van der Waals surface area contributed by atoms with Crippen molar-refractivity contribution in [2.75, 3.05) is 11.6 Å². The van der Waals surface area contributed by atoms with Crippen LogP contribution < -0.4 is 10.8 Å². The van der Waals surface area contributed by atoms with Crippen LogP contribution in [0.4, 0.5) is 5.69 Å². The summed E-state index contributed by atoms with van der Waals surface area (Å²) in [4.78, 5) is 10.8. The number of benzene rings is 1. The molecule has 0 spiro atoms. The Morgan fingerprint density at radius 3 is 2.94 bits per heavy atom. The predicted octanol–water partition coefficient (Wildman–Crippen LogP) is 1.34. The van der Waals surface area contributed by atoms with Gasteiger partial charge >= 0.3 is 5.97 Å². The molecule has 0 saturated heterocycles. The Labute approximate surface area is 106 Å². The summed E-state index contributed by atoms with van der Waals surface area (Å²) >= 11 is 0. The molecule has 0 bridgehead atoms. The summed E-state index contributed by atoms with van der Waals surface area (Å²) in [7, 11) is 0. The molecule has 5 heteroatoms. The first-order valence-electron chi connectivity index (χ1n) is 6.11. The number of carboxylic acids is 1. The second kappa shape index (κ2) is 4.96. The van der Waals surface area contributed by atoms with Gasteiger partial charge in [-0.2, -0.15) is 0 Å². The Hall–Kier alpha value is -1.59. The molecule has 1 aromatic rings. The molecule has 0 aliphatic carbocycles. The molecule has 0 amide bonds. The van der Waals surface area contributed by atoms with Crippen LogP contribution in [0.25, 0.3) is 0 Å². The largest absolute Gasteiger partial charge is 0.480 e. The van der Waals surface area contributed by atoms with E-state index in [9.17, 15) is 10.0 Å². The number of para-hydroxylation sites is 1. The van der Waals surface area contributed by atoms with Crippen LogP contribution in [0.3, 0.4) is 0 Å². The smallest absolute Gasteiger partial charge is 0.320 e. The highest BCUT2D eigenvalue weighted by atomic mass is 16.5. The van der Waals surface area contributed by atoms with Crippen molar-refractivity contribution < 1.29 is 15.1 Å². The van der Waals surface area contributed by atoms with E-state index in [1.807, 2.05) is 25.1 Å². The second-order valence-electron chi connectivity index (χ2n) is 4.67. The summed E-state index contributed by atoms with van der Waals surface area (Å²) < 4.78 is 0. The minimum absolute atomic E-state index is 0.0254. The minimum Gasteiger partial charge on any atom is -0.480 e. The third-order valence-electron chi connectivity index (χ3n) is 3.48. The molecule has 5 nitrogen and oxygen atoms in total. The maximum atomic E-state index is 10.8. The van der Waals surface area contributed by atoms with Crippen molar-refractivity contribution in [3.05, 3.63) is 29.3 Å². The van der Waals surface area contributed by atoms with Gasteiger partial charge in [0.25, 0.3) is 0 Å². The summed E-state index contributed by atoms with van der Waals surface area (Å²) in [6.07, 6.45) is 1.17. The van der Waals surface area contributed by atoms with Gasteiger partial charge in [0.2, 0.25) is 0 Å². The number of anilines is 1. The highest BCUT2D eigenvalue weighted by molar-refractivity contribution is 5.73. The van der Waals surface area contributed by atoms with Crippen LogP contribution >= 0.6 is 0 Å². The van der Waals surface area contributed by atoms with Crippen molar-refractivity contribution in [2.45, 2.75) is 31.7 Å². The van der Waals surface area contributed by atoms with E-state index in [0.717, 1.165) is 23.2 Å². The fourth-order valence-corrected chi connectivity index (χ4v) is 2.55. The van der Waals surface area contributed by atoms with Crippen LogP contribution in [-0.4, -0.2) is 28.9 Å². The number of aryl methyl sites for hydroxylation is 1. The van der Waals surface area contributed by atoms with E-state index < -0.39 is 12.0 Å². The van der Waals surface area contributed by atoms with E-state index in [1.54, 1.807) is 0 Å². The van der Waals surface area contributed by atoms with Gasteiger partial charge in [-0.05, 0) is 24.0 Å². The van der Waals surface area contributed by atoms with Gasteiger partial charge in [0.1, 0.15) is 6.04 Å². The molecule has 0 fully saturated rings. The Balaban J connectivity index is 2.28. The number of rotatable bonds is 4. The highest BCUT2D eigenvalue weighted by Crippen LogP contribution is 2.39. The Morgan fingerprint density at radius 2 is 2.33 bits per heavy atom. The first kappa shape index (κ1) is 12.9. The van der Waals surface area contributed by atoms with Crippen LogP contribution in [0.2, 0.25) is 0 Å². The van der Waals surface area contributed by atoms with E-state index in [-0.39, 0.29) is 5.92 Å². The summed E-state index contributed by atoms with van der Waals surface area (Å²) in [5.74, 6) is -1.03. The van der Waals surface area contributed by atoms with Gasteiger partial charge in [0.15, 0.2) is 0 Å². The zero-order chi connectivity index (χ0) is 13.3. The Morgan fingerprint density at radius 1 is 1.61 bits per heavy atom. The molecular weight excluding hydrogens is 232 g/mol. The molecule has 2 unspecified atom stereocenters. The number of aliphatic carboxylic acids is 1. The molecule has 1 aromatic carbocycles. The Kier molecular flexibility index (Phi) is 3.54. The molecule has 2 rings (SSSR count). The number of hydroxylamine groups is 1. The maximum absolute atomic E-state index is 10.8. The van der Waals surface area contributed by atoms with Crippen molar-refractivity contribution in [2.24, 2.45) is 5.73 Å². The fourth-order valence-electron chi connectivity index (χ4n) is 2.55. The van der Waals surface area contributed by atoms with Gasteiger partial charge in [-0.1, -0.05) is 25.1 Å². The lowest BCUT2D eigenvalue weighted by molar-refractivity contribution is -0.138. The van der Waals surface area contributed by atoms with Crippen LogP contribution in [0.15, 0.2) is 18.2 Å². The molecule has 1 heterocycles. The number of hydrogen-bond acceptors (Lipinski definition) is 4. The quantitative estimate of drug-likeness (QED) is 0.750. The molecule has 0 radical (unpaired) electrons. The molecular formula is C13H18N2O3. The zero-order valence-corrected chi connectivity index (χ0v) is 10.3. The maximum Gasteiger partial charge on any atom is 0.320 e. The van der Waals surface area contributed by atoms with E-state index >= 15 is 0 Å². The van der Waals surface area contributed by atoms with E-state index in [1.165, 1.54) is 5.06 Å². The van der Waals surface area contributed by atoms with Crippen LogP contribution in [0, 0.1) is 0 Å². The van der Waals surface area contributed by atoms with Gasteiger partial charge in [-0.25, -0.2) is 0 Å². The van der Waals surface area contributed by atoms with Crippen molar-refractivity contribution in [3.8, 4) is 0 Å². The van der Waals surface area contributed by atoms with Crippen molar-refractivity contribution in [1.82, 2.24) is 0 Å². The average molecular weight is 250 g/mol. The molecule has 18 heavy (non-hydrogen) atoms. The Bertz CT molecular complexity index is 462. The van der Waals surface area contributed by atoms with Crippen molar-refractivity contribution in [1.29, 1.82) is 0 Å². The number of fused-ring (bicyclic) bond motifs is 1. The van der Waals surface area contributed by atoms with Crippen molar-refractivity contribution in [3.63, 3.8) is 0 Å². The summed E-state index contributed by atoms with van der Waals surface area (Å²) in [6.45, 7) is 2.44. The van der Waals surface area contributed by atoms with Gasteiger partial charge in [-0.3, -0.25) is 15.1 Å². The minimum atomic E-state index is -1.00. The van der Waals surface area contributed by atoms with Gasteiger partial charge in [-0.15, -0.1) is 0 Å². The van der Waals surface area contributed by atoms with Crippen LogP contribution in [0.1, 0.15) is 30.4 Å². The second-order valence-corrected chi connectivity index (χ2v) is 4.67. The van der Waals surface area contributed by atoms with Gasteiger partial charge < -0.3 is 10.8 Å². The molecule has 1 aliphatic rings. The van der Waals surface area contributed by atoms with E-state index in [2.05, 4.69) is 0 Å². The van der Waals surface area contributed by atoms with Gasteiger partial charge in [0, 0.05) is 5.92 Å². The predicted molar refractivity (Wildman–Crippen MR) is 67.9 cm³/mol. The molecule has 98 valence electrons. The topological polar surface area (TPSA) is 86.8 Å². The third-order valence-corrected chi connectivity index (χ3v) is 3.48. The SMILES string of the molecule is CCc1cccc2c1N(O)CC2CC(N)C(=O)O. The molecule has 1 aliphatic heterocycles. The van der Waals surface area contributed by atoms with Gasteiger partial charge in [0.05, 0.1) is 12.2 Å². The lowest BCUT2D eigenvalue weighted by Crippen LogP contribution is -2.32. The fraction of sp³-hybridized carbons (Fsp3) is 0.462. The van der Waals surface area contributed by atoms with Crippen molar-refractivity contribution >= 4 is 11.7 Å². The molecule has 0 aromatic heterocycles. The first-order chi connectivity index (χ1) is 8.54. The lowest BCUT2D eigenvalue weighted by atomic mass is 9.92. The number of carbonyl (C=O) groups is 1. The highest BCUT2D eigenvalue weighted by Gasteiger charge is 2.32. The number of carboxylic acid groups (broad SMARTS) is 1. The number of nitrogens with zero attached hydrogens (tertiary/aromatic N) is 1. The van der Waals surface area contributed by atoms with E-state index in [4.69, 9.17) is 10.8 Å². The first-order valence-corrected chi connectivity index (χ1v) is 6.11.